The first-order chi connectivity index (χ1) is 20.5. The van der Waals surface area contributed by atoms with Crippen molar-refractivity contribution in [2.45, 2.75) is 69.5 Å². The summed E-state index contributed by atoms with van der Waals surface area (Å²) in [5.41, 5.74) is 1.79. The maximum Gasteiger partial charge on any atom is 0.264 e. The van der Waals surface area contributed by atoms with Gasteiger partial charge in [-0.2, -0.15) is 0 Å². The van der Waals surface area contributed by atoms with Gasteiger partial charge >= 0.3 is 0 Å². The second-order valence-corrected chi connectivity index (χ2v) is 13.5. The molecular formula is C32H37Cl2N3O5S. The highest BCUT2D eigenvalue weighted by Gasteiger charge is 2.33. The molecule has 0 aromatic heterocycles. The fourth-order valence-corrected chi connectivity index (χ4v) is 6.82. The lowest BCUT2D eigenvalue weighted by Crippen LogP contribution is -2.53. The average molecular weight is 647 g/mol. The number of hydrogen-bond acceptors (Lipinski definition) is 5. The summed E-state index contributed by atoms with van der Waals surface area (Å²) in [6.45, 7) is 3.01. The molecule has 3 aromatic rings. The van der Waals surface area contributed by atoms with E-state index in [9.17, 15) is 18.0 Å². The van der Waals surface area contributed by atoms with E-state index in [1.165, 1.54) is 35.2 Å². The molecule has 2 amide bonds. The molecule has 0 heterocycles. The Hall–Kier alpha value is -3.27. The molecule has 0 spiro atoms. The van der Waals surface area contributed by atoms with Gasteiger partial charge in [0.25, 0.3) is 10.0 Å². The van der Waals surface area contributed by atoms with Crippen LogP contribution in [-0.2, 0) is 26.2 Å². The predicted octanol–water partition coefficient (Wildman–Crippen LogP) is 6.37. The van der Waals surface area contributed by atoms with Crippen LogP contribution in [0.1, 0.15) is 50.2 Å². The molecule has 1 atom stereocenters. The number of benzene rings is 3. The van der Waals surface area contributed by atoms with Crippen LogP contribution >= 0.6 is 23.2 Å². The lowest BCUT2D eigenvalue weighted by atomic mass is 9.95. The Bertz CT molecular complexity index is 1540. The first-order valence-electron chi connectivity index (χ1n) is 14.3. The molecular weight excluding hydrogens is 609 g/mol. The fraction of sp³-hybridized carbons (Fsp3) is 0.375. The third-order valence-corrected chi connectivity index (χ3v) is 10.2. The van der Waals surface area contributed by atoms with Crippen molar-refractivity contribution in [1.82, 2.24) is 10.2 Å². The minimum absolute atomic E-state index is 0.0133. The normalized spacial score (nSPS) is 14.5. The fourth-order valence-electron chi connectivity index (χ4n) is 5.13. The van der Waals surface area contributed by atoms with E-state index in [1.807, 2.05) is 13.0 Å². The molecule has 0 radical (unpaired) electrons. The molecule has 11 heteroatoms. The highest BCUT2D eigenvalue weighted by molar-refractivity contribution is 7.92. The summed E-state index contributed by atoms with van der Waals surface area (Å²) in [4.78, 5) is 29.0. The highest BCUT2D eigenvalue weighted by atomic mass is 35.5. The van der Waals surface area contributed by atoms with Crippen LogP contribution in [0, 0.1) is 6.92 Å². The summed E-state index contributed by atoms with van der Waals surface area (Å²) in [6, 6.07) is 17.1. The molecule has 1 saturated carbocycles. The van der Waals surface area contributed by atoms with Crippen LogP contribution in [0.5, 0.6) is 5.75 Å². The van der Waals surface area contributed by atoms with Gasteiger partial charge in [-0.15, -0.1) is 0 Å². The Balaban J connectivity index is 1.70. The second kappa shape index (κ2) is 14.5. The Morgan fingerprint density at radius 3 is 2.33 bits per heavy atom. The Labute approximate surface area is 264 Å². The van der Waals surface area contributed by atoms with E-state index in [2.05, 4.69) is 5.32 Å². The van der Waals surface area contributed by atoms with Crippen LogP contribution in [0.4, 0.5) is 5.69 Å². The van der Waals surface area contributed by atoms with Gasteiger partial charge in [0.1, 0.15) is 18.3 Å². The number of ether oxygens (including phenoxy) is 1. The molecule has 230 valence electrons. The van der Waals surface area contributed by atoms with Crippen LogP contribution in [-0.4, -0.2) is 50.9 Å². The van der Waals surface area contributed by atoms with E-state index in [-0.39, 0.29) is 39.1 Å². The van der Waals surface area contributed by atoms with Crippen molar-refractivity contribution in [2.75, 3.05) is 18.0 Å². The Morgan fingerprint density at radius 1 is 0.977 bits per heavy atom. The maximum absolute atomic E-state index is 14.2. The van der Waals surface area contributed by atoms with Gasteiger partial charge < -0.3 is 15.0 Å². The number of halogens is 2. The van der Waals surface area contributed by atoms with E-state index in [4.69, 9.17) is 27.9 Å². The van der Waals surface area contributed by atoms with Gasteiger partial charge in [0.05, 0.1) is 27.7 Å². The zero-order valence-corrected chi connectivity index (χ0v) is 26.9. The number of amides is 2. The number of anilines is 1. The molecule has 0 bridgehead atoms. The molecule has 4 rings (SSSR count). The number of methoxy groups -OCH3 is 1. The molecule has 1 fully saturated rings. The molecule has 0 unspecified atom stereocenters. The maximum atomic E-state index is 14.2. The van der Waals surface area contributed by atoms with Crippen LogP contribution in [0.25, 0.3) is 0 Å². The van der Waals surface area contributed by atoms with Gasteiger partial charge in [-0.25, -0.2) is 8.42 Å². The van der Waals surface area contributed by atoms with Gasteiger partial charge in [-0.05, 0) is 74.7 Å². The zero-order valence-electron chi connectivity index (χ0n) is 24.6. The van der Waals surface area contributed by atoms with Crippen molar-refractivity contribution in [3.8, 4) is 5.75 Å². The van der Waals surface area contributed by atoms with E-state index in [0.717, 1.165) is 47.5 Å². The summed E-state index contributed by atoms with van der Waals surface area (Å²) in [5, 5.41) is 3.49. The highest BCUT2D eigenvalue weighted by Crippen LogP contribution is 2.31. The number of rotatable bonds is 11. The van der Waals surface area contributed by atoms with Crippen LogP contribution in [0.2, 0.25) is 10.0 Å². The van der Waals surface area contributed by atoms with Gasteiger partial charge in [-0.1, -0.05) is 72.3 Å². The third-order valence-electron chi connectivity index (χ3n) is 7.68. The molecule has 43 heavy (non-hydrogen) atoms. The van der Waals surface area contributed by atoms with Crippen LogP contribution in [0.15, 0.2) is 71.6 Å². The molecule has 3 aromatic carbocycles. The summed E-state index contributed by atoms with van der Waals surface area (Å²) in [6.07, 6.45) is 5.01. The lowest BCUT2D eigenvalue weighted by molar-refractivity contribution is -0.139. The summed E-state index contributed by atoms with van der Waals surface area (Å²) < 4.78 is 34.3. The molecule has 0 saturated heterocycles. The minimum atomic E-state index is -4.22. The summed E-state index contributed by atoms with van der Waals surface area (Å²) >= 11 is 12.4. The molecule has 0 aliphatic heterocycles. The number of hydrogen-bond donors (Lipinski definition) is 1. The van der Waals surface area contributed by atoms with E-state index in [1.54, 1.807) is 44.4 Å². The second-order valence-electron chi connectivity index (χ2n) is 10.8. The number of carbonyl (C=O) groups excluding carboxylic acids is 2. The topological polar surface area (TPSA) is 96.0 Å². The van der Waals surface area contributed by atoms with Crippen molar-refractivity contribution < 1.29 is 22.7 Å². The number of sulfonamides is 1. The monoisotopic (exact) mass is 645 g/mol. The molecule has 1 N–H and O–H groups in total. The Kier molecular flexibility index (Phi) is 11.0. The lowest BCUT2D eigenvalue weighted by Gasteiger charge is -2.33. The first kappa shape index (κ1) is 32.6. The van der Waals surface area contributed by atoms with Crippen molar-refractivity contribution in [1.29, 1.82) is 0 Å². The average Bonchev–Trinajstić information content (AvgIpc) is 3.00. The van der Waals surface area contributed by atoms with E-state index < -0.39 is 28.5 Å². The van der Waals surface area contributed by atoms with Crippen molar-refractivity contribution in [3.05, 3.63) is 87.9 Å². The first-order valence-corrected chi connectivity index (χ1v) is 16.5. The summed E-state index contributed by atoms with van der Waals surface area (Å²) in [7, 11) is -2.67. The van der Waals surface area contributed by atoms with Gasteiger partial charge in [0.15, 0.2) is 0 Å². The van der Waals surface area contributed by atoms with Gasteiger partial charge in [0.2, 0.25) is 11.8 Å². The molecule has 1 aliphatic rings. The SMILES string of the molecule is COc1cccc(CN(C(=O)CN(c2ccc(Cl)c(Cl)c2)S(=O)(=O)c2ccc(C)cc2)[C@H](C)C(=O)NC2CCCCC2)c1. The number of carbonyl (C=O) groups is 2. The molecule has 1 aliphatic carbocycles. The smallest absolute Gasteiger partial charge is 0.264 e. The zero-order chi connectivity index (χ0) is 31.1. The molecule has 8 nitrogen and oxygen atoms in total. The van der Waals surface area contributed by atoms with Crippen LogP contribution in [0.3, 0.4) is 0 Å². The number of aryl methyl sites for hydroxylation is 1. The van der Waals surface area contributed by atoms with Crippen molar-refractivity contribution >= 4 is 50.7 Å². The van der Waals surface area contributed by atoms with E-state index >= 15 is 0 Å². The minimum Gasteiger partial charge on any atom is -0.497 e. The number of nitrogens with one attached hydrogen (secondary N) is 1. The van der Waals surface area contributed by atoms with Crippen molar-refractivity contribution in [2.24, 2.45) is 0 Å². The van der Waals surface area contributed by atoms with Crippen molar-refractivity contribution in [3.63, 3.8) is 0 Å². The predicted molar refractivity (Wildman–Crippen MR) is 170 cm³/mol. The summed E-state index contributed by atoms with van der Waals surface area (Å²) in [5.74, 6) is -0.245. The standard InChI is InChI=1S/C32H37Cl2N3O5S/c1-22-12-15-28(16-13-22)43(40,41)37(26-14-17-29(33)30(34)19-26)21-31(38)36(20-24-8-7-11-27(18-24)42-3)23(2)32(39)35-25-9-5-4-6-10-25/h7-8,11-19,23,25H,4-6,9-10,20-21H2,1-3H3,(H,35,39)/t23-/m1/s1. The number of nitrogens with zero attached hydrogens (tertiary/aromatic N) is 2. The van der Waals surface area contributed by atoms with Gasteiger partial charge in [0, 0.05) is 12.6 Å². The Morgan fingerprint density at radius 2 is 1.67 bits per heavy atom. The van der Waals surface area contributed by atoms with Crippen LogP contribution < -0.4 is 14.4 Å². The van der Waals surface area contributed by atoms with E-state index in [0.29, 0.717) is 5.75 Å². The quantitative estimate of drug-likeness (QED) is 0.261. The largest absolute Gasteiger partial charge is 0.497 e. The third kappa shape index (κ3) is 8.22. The van der Waals surface area contributed by atoms with Gasteiger partial charge in [-0.3, -0.25) is 13.9 Å².